The third-order valence-electron chi connectivity index (χ3n) is 3.93. The maximum Gasteiger partial charge on any atom is 0.254 e. The van der Waals surface area contributed by atoms with E-state index in [1.807, 2.05) is 50.2 Å². The summed E-state index contributed by atoms with van der Waals surface area (Å²) in [5.41, 5.74) is 1.83. The lowest BCUT2D eigenvalue weighted by atomic mass is 10.1. The van der Waals surface area contributed by atoms with Crippen molar-refractivity contribution >= 4 is 5.91 Å². The van der Waals surface area contributed by atoms with E-state index in [-0.39, 0.29) is 12.0 Å². The molecule has 7 nitrogen and oxygen atoms in total. The van der Waals surface area contributed by atoms with Gasteiger partial charge in [-0.15, -0.1) is 0 Å². The Kier molecular flexibility index (Phi) is 4.92. The lowest BCUT2D eigenvalue weighted by Crippen LogP contribution is -2.42. The smallest absolute Gasteiger partial charge is 0.254 e. The highest BCUT2D eigenvalue weighted by atomic mass is 16.5. The van der Waals surface area contributed by atoms with Crippen LogP contribution >= 0.6 is 0 Å². The van der Waals surface area contributed by atoms with Crippen molar-refractivity contribution in [3.8, 4) is 0 Å². The van der Waals surface area contributed by atoms with Gasteiger partial charge in [0.15, 0.2) is 5.82 Å². The second-order valence-electron chi connectivity index (χ2n) is 6.33. The van der Waals surface area contributed by atoms with Gasteiger partial charge in [0.2, 0.25) is 0 Å². The predicted molar refractivity (Wildman–Crippen MR) is 89.5 cm³/mol. The topological polar surface area (TPSA) is 74.3 Å². The minimum Gasteiger partial charge on any atom is -0.366 e. The molecule has 1 atom stereocenters. The minimum absolute atomic E-state index is 0.0242. The largest absolute Gasteiger partial charge is 0.366 e. The molecule has 0 bridgehead atoms. The fourth-order valence-corrected chi connectivity index (χ4v) is 2.84. The summed E-state index contributed by atoms with van der Waals surface area (Å²) in [6, 6.07) is 7.80. The van der Waals surface area contributed by atoms with E-state index in [0.29, 0.717) is 31.1 Å². The summed E-state index contributed by atoms with van der Waals surface area (Å²) in [6.07, 6.45) is -0.280. The molecule has 1 aromatic heterocycles. The summed E-state index contributed by atoms with van der Waals surface area (Å²) in [5, 5.41) is 6.97. The van der Waals surface area contributed by atoms with Crippen LogP contribution in [0.4, 0.5) is 0 Å². The summed E-state index contributed by atoms with van der Waals surface area (Å²) in [6.45, 7) is 4.19. The highest BCUT2D eigenvalue weighted by Gasteiger charge is 2.28. The van der Waals surface area contributed by atoms with Crippen LogP contribution in [0.1, 0.15) is 33.7 Å². The number of carbonyl (C=O) groups is 1. The maximum atomic E-state index is 12.8. The third kappa shape index (κ3) is 3.80. The number of ether oxygens (including phenoxy) is 1. The van der Waals surface area contributed by atoms with Crippen molar-refractivity contribution in [2.24, 2.45) is 0 Å². The van der Waals surface area contributed by atoms with E-state index in [2.05, 4.69) is 20.1 Å². The van der Waals surface area contributed by atoms with Gasteiger partial charge in [-0.3, -0.25) is 9.89 Å². The molecule has 1 fully saturated rings. The van der Waals surface area contributed by atoms with Gasteiger partial charge in [0.25, 0.3) is 5.91 Å². The van der Waals surface area contributed by atoms with E-state index in [0.717, 1.165) is 17.9 Å². The molecule has 1 N–H and O–H groups in total. The molecular weight excluding hydrogens is 306 g/mol. The van der Waals surface area contributed by atoms with Crippen LogP contribution in [0.2, 0.25) is 0 Å². The summed E-state index contributed by atoms with van der Waals surface area (Å²) < 4.78 is 5.72. The van der Waals surface area contributed by atoms with E-state index in [1.54, 1.807) is 0 Å². The number of aromatic amines is 1. The van der Waals surface area contributed by atoms with Crippen LogP contribution < -0.4 is 0 Å². The standard InChI is InChI=1S/C17H23N5O2/c1-12-18-16(20-19-12)15-11-22(7-8-24-15)17(23)14-6-4-5-13(9-14)10-21(2)3/h4-6,9,15H,7-8,10-11H2,1-3H3,(H,18,19,20)/t15-/m1/s1. The number of H-pyrrole nitrogens is 1. The SMILES string of the molecule is Cc1nc([C@H]2CN(C(=O)c3cccc(CN(C)C)c3)CCO2)n[nH]1. The zero-order valence-corrected chi connectivity index (χ0v) is 14.3. The number of amides is 1. The van der Waals surface area contributed by atoms with Crippen molar-refractivity contribution in [1.82, 2.24) is 25.0 Å². The van der Waals surface area contributed by atoms with Crippen LogP contribution in [-0.4, -0.2) is 64.7 Å². The Balaban J connectivity index is 1.72. The van der Waals surface area contributed by atoms with Gasteiger partial charge in [-0.1, -0.05) is 12.1 Å². The number of hydrogen-bond acceptors (Lipinski definition) is 5. The second-order valence-corrected chi connectivity index (χ2v) is 6.33. The van der Waals surface area contributed by atoms with E-state index in [1.165, 1.54) is 0 Å². The van der Waals surface area contributed by atoms with E-state index >= 15 is 0 Å². The van der Waals surface area contributed by atoms with Crippen molar-refractivity contribution in [2.75, 3.05) is 33.8 Å². The van der Waals surface area contributed by atoms with Crippen LogP contribution in [0.5, 0.6) is 0 Å². The fourth-order valence-electron chi connectivity index (χ4n) is 2.84. The Hall–Kier alpha value is -2.25. The first-order chi connectivity index (χ1) is 11.5. The first-order valence-corrected chi connectivity index (χ1v) is 8.06. The third-order valence-corrected chi connectivity index (χ3v) is 3.93. The van der Waals surface area contributed by atoms with Gasteiger partial charge in [0, 0.05) is 18.7 Å². The molecule has 2 heterocycles. The molecule has 0 aliphatic carbocycles. The lowest BCUT2D eigenvalue weighted by Gasteiger charge is -2.31. The molecule has 0 saturated carbocycles. The minimum atomic E-state index is -0.280. The van der Waals surface area contributed by atoms with Crippen molar-refractivity contribution in [2.45, 2.75) is 19.6 Å². The Labute approximate surface area is 141 Å². The van der Waals surface area contributed by atoms with Gasteiger partial charge in [-0.25, -0.2) is 4.98 Å². The summed E-state index contributed by atoms with van der Waals surface area (Å²) in [5.74, 6) is 1.37. The Morgan fingerprint density at radius 3 is 3.00 bits per heavy atom. The second kappa shape index (κ2) is 7.11. The molecule has 1 saturated heterocycles. The Morgan fingerprint density at radius 1 is 1.46 bits per heavy atom. The number of aromatic nitrogens is 3. The molecule has 2 aromatic rings. The number of nitrogens with one attached hydrogen (secondary N) is 1. The van der Waals surface area contributed by atoms with Crippen molar-refractivity contribution < 1.29 is 9.53 Å². The van der Waals surface area contributed by atoms with Crippen molar-refractivity contribution in [3.05, 3.63) is 47.0 Å². The molecule has 7 heteroatoms. The molecule has 1 aromatic carbocycles. The van der Waals surface area contributed by atoms with Crippen LogP contribution in [0.25, 0.3) is 0 Å². The first kappa shape index (κ1) is 16.6. The zero-order chi connectivity index (χ0) is 17.1. The van der Waals surface area contributed by atoms with Crippen LogP contribution in [0.3, 0.4) is 0 Å². The van der Waals surface area contributed by atoms with Crippen LogP contribution in [-0.2, 0) is 11.3 Å². The molecular formula is C17H23N5O2. The summed E-state index contributed by atoms with van der Waals surface area (Å²) >= 11 is 0. The lowest BCUT2D eigenvalue weighted by molar-refractivity contribution is -0.0266. The van der Waals surface area contributed by atoms with E-state index < -0.39 is 0 Å². The van der Waals surface area contributed by atoms with Crippen molar-refractivity contribution in [3.63, 3.8) is 0 Å². The molecule has 0 spiro atoms. The number of benzene rings is 1. The van der Waals surface area contributed by atoms with Gasteiger partial charge in [0.05, 0.1) is 13.2 Å². The van der Waals surface area contributed by atoms with Gasteiger partial charge in [-0.2, -0.15) is 5.10 Å². The number of morpholine rings is 1. The summed E-state index contributed by atoms with van der Waals surface area (Å²) in [7, 11) is 4.03. The van der Waals surface area contributed by atoms with Gasteiger partial charge >= 0.3 is 0 Å². The molecule has 24 heavy (non-hydrogen) atoms. The van der Waals surface area contributed by atoms with Gasteiger partial charge in [0.1, 0.15) is 11.9 Å². The van der Waals surface area contributed by atoms with Crippen molar-refractivity contribution in [1.29, 1.82) is 0 Å². The number of carbonyl (C=O) groups excluding carboxylic acids is 1. The molecule has 1 aliphatic heterocycles. The van der Waals surface area contributed by atoms with E-state index in [9.17, 15) is 4.79 Å². The molecule has 1 aliphatic rings. The molecule has 0 radical (unpaired) electrons. The van der Waals surface area contributed by atoms with Gasteiger partial charge in [-0.05, 0) is 38.7 Å². The summed E-state index contributed by atoms with van der Waals surface area (Å²) in [4.78, 5) is 21.0. The molecule has 3 rings (SSSR count). The maximum absolute atomic E-state index is 12.8. The zero-order valence-electron chi connectivity index (χ0n) is 14.3. The number of hydrogen-bond donors (Lipinski definition) is 1. The monoisotopic (exact) mass is 329 g/mol. The Morgan fingerprint density at radius 2 is 2.29 bits per heavy atom. The normalized spacial score (nSPS) is 18.2. The number of nitrogens with zero attached hydrogens (tertiary/aromatic N) is 4. The first-order valence-electron chi connectivity index (χ1n) is 8.06. The molecule has 1 amide bonds. The average Bonchev–Trinajstić information content (AvgIpc) is 3.00. The van der Waals surface area contributed by atoms with Gasteiger partial charge < -0.3 is 14.5 Å². The quantitative estimate of drug-likeness (QED) is 0.917. The average molecular weight is 329 g/mol. The highest BCUT2D eigenvalue weighted by Crippen LogP contribution is 2.21. The van der Waals surface area contributed by atoms with Crippen LogP contribution in [0.15, 0.2) is 24.3 Å². The van der Waals surface area contributed by atoms with Crippen LogP contribution in [0, 0.1) is 6.92 Å². The van der Waals surface area contributed by atoms with E-state index in [4.69, 9.17) is 4.74 Å². The predicted octanol–water partition coefficient (Wildman–Crippen LogP) is 1.39. The highest BCUT2D eigenvalue weighted by molar-refractivity contribution is 5.94. The number of aryl methyl sites for hydroxylation is 1. The Bertz CT molecular complexity index is 713. The molecule has 0 unspecified atom stereocenters. The fraction of sp³-hybridized carbons (Fsp3) is 0.471. The number of rotatable bonds is 4. The molecule has 128 valence electrons.